The maximum atomic E-state index is 13.5. The fourth-order valence-corrected chi connectivity index (χ4v) is 1.99. The van der Waals surface area contributed by atoms with Crippen molar-refractivity contribution in [2.24, 2.45) is 0 Å². The van der Waals surface area contributed by atoms with Crippen molar-refractivity contribution < 1.29 is 18.7 Å². The zero-order chi connectivity index (χ0) is 14.9. The van der Waals surface area contributed by atoms with Crippen LogP contribution >= 0.6 is 27.5 Å². The first kappa shape index (κ1) is 14.7. The number of rotatable bonds is 2. The van der Waals surface area contributed by atoms with Gasteiger partial charge in [-0.25, -0.2) is 8.78 Å². The van der Waals surface area contributed by atoms with Crippen LogP contribution in [0.3, 0.4) is 0 Å². The number of amides is 1. The van der Waals surface area contributed by atoms with Gasteiger partial charge in [0.25, 0.3) is 5.91 Å². The van der Waals surface area contributed by atoms with E-state index in [0.717, 1.165) is 6.07 Å². The quantitative estimate of drug-likeness (QED) is 0.835. The van der Waals surface area contributed by atoms with Crippen molar-refractivity contribution in [3.05, 3.63) is 57.0 Å². The van der Waals surface area contributed by atoms with Crippen molar-refractivity contribution in [1.29, 1.82) is 0 Å². The number of phenolic OH excluding ortho intramolecular Hbond substituents is 1. The van der Waals surface area contributed by atoms with E-state index in [1.807, 2.05) is 0 Å². The summed E-state index contributed by atoms with van der Waals surface area (Å²) >= 11 is 8.74. The highest BCUT2D eigenvalue weighted by molar-refractivity contribution is 9.10. The van der Waals surface area contributed by atoms with Crippen LogP contribution in [0.5, 0.6) is 5.75 Å². The minimum atomic E-state index is -0.982. The van der Waals surface area contributed by atoms with Crippen molar-refractivity contribution in [1.82, 2.24) is 0 Å². The maximum absolute atomic E-state index is 13.5. The Kier molecular flexibility index (Phi) is 4.25. The van der Waals surface area contributed by atoms with Gasteiger partial charge in [-0.05, 0) is 40.2 Å². The summed E-state index contributed by atoms with van der Waals surface area (Å²) in [6, 6.07) is 5.59. The average Bonchev–Trinajstić information content (AvgIpc) is 2.36. The number of hydrogen-bond donors (Lipinski definition) is 2. The third-order valence-electron chi connectivity index (χ3n) is 2.45. The summed E-state index contributed by atoms with van der Waals surface area (Å²) in [5, 5.41) is 11.5. The molecule has 0 aliphatic rings. The molecule has 0 heterocycles. The third kappa shape index (κ3) is 3.08. The largest absolute Gasteiger partial charge is 0.507 e. The standard InChI is InChI=1S/C13H7BrClF2NO2/c14-8-2-1-6(3-11(8)19)13(20)18-12-9(15)4-7(16)5-10(12)17/h1-5,19H,(H,18,20). The molecule has 0 aromatic heterocycles. The van der Waals surface area contributed by atoms with Crippen molar-refractivity contribution in [2.75, 3.05) is 5.32 Å². The van der Waals surface area contributed by atoms with Crippen LogP contribution in [0.1, 0.15) is 10.4 Å². The van der Waals surface area contributed by atoms with Crippen LogP contribution in [0.2, 0.25) is 5.02 Å². The second-order valence-corrected chi connectivity index (χ2v) is 5.13. The Bertz CT molecular complexity index is 671. The Labute approximate surface area is 126 Å². The molecule has 3 nitrogen and oxygen atoms in total. The number of aromatic hydroxyl groups is 1. The van der Waals surface area contributed by atoms with Crippen LogP contribution in [0.15, 0.2) is 34.8 Å². The smallest absolute Gasteiger partial charge is 0.255 e. The predicted octanol–water partition coefficient (Wildman–Crippen LogP) is 4.34. The van der Waals surface area contributed by atoms with Gasteiger partial charge < -0.3 is 10.4 Å². The van der Waals surface area contributed by atoms with Crippen LogP contribution in [0.25, 0.3) is 0 Å². The molecular weight excluding hydrogens is 356 g/mol. The predicted molar refractivity (Wildman–Crippen MR) is 75.1 cm³/mol. The number of anilines is 1. The van der Waals surface area contributed by atoms with E-state index >= 15 is 0 Å². The van der Waals surface area contributed by atoms with Crippen molar-refractivity contribution in [3.8, 4) is 5.75 Å². The Morgan fingerprint density at radius 3 is 2.55 bits per heavy atom. The molecule has 0 aliphatic carbocycles. The number of hydrogen-bond acceptors (Lipinski definition) is 2. The van der Waals surface area contributed by atoms with Crippen molar-refractivity contribution in [2.45, 2.75) is 0 Å². The SMILES string of the molecule is O=C(Nc1c(F)cc(F)cc1Cl)c1ccc(Br)c(O)c1. The lowest BCUT2D eigenvalue weighted by Gasteiger charge is -2.09. The lowest BCUT2D eigenvalue weighted by Crippen LogP contribution is -2.13. The second-order valence-electron chi connectivity index (χ2n) is 3.86. The summed E-state index contributed by atoms with van der Waals surface area (Å²) in [7, 11) is 0. The van der Waals surface area contributed by atoms with E-state index in [-0.39, 0.29) is 22.0 Å². The summed E-state index contributed by atoms with van der Waals surface area (Å²) in [5.74, 6) is -2.64. The number of nitrogens with one attached hydrogen (secondary N) is 1. The zero-order valence-corrected chi connectivity index (χ0v) is 12.1. The molecule has 1 amide bonds. The molecule has 2 aromatic carbocycles. The van der Waals surface area contributed by atoms with E-state index in [4.69, 9.17) is 11.6 Å². The summed E-state index contributed by atoms with van der Waals surface area (Å²) in [6.45, 7) is 0. The highest BCUT2D eigenvalue weighted by Gasteiger charge is 2.15. The van der Waals surface area contributed by atoms with Crippen molar-refractivity contribution >= 4 is 39.1 Å². The van der Waals surface area contributed by atoms with Gasteiger partial charge in [0.2, 0.25) is 0 Å². The molecule has 0 fully saturated rings. The third-order valence-corrected chi connectivity index (χ3v) is 3.42. The topological polar surface area (TPSA) is 49.3 Å². The minimum Gasteiger partial charge on any atom is -0.507 e. The number of carbonyl (C=O) groups excluding carboxylic acids is 1. The van der Waals surface area contributed by atoms with Crippen LogP contribution in [-0.4, -0.2) is 11.0 Å². The van der Waals surface area contributed by atoms with Gasteiger partial charge in [-0.15, -0.1) is 0 Å². The van der Waals surface area contributed by atoms with Crippen LogP contribution < -0.4 is 5.32 Å². The van der Waals surface area contributed by atoms with Gasteiger partial charge in [0.15, 0.2) is 5.82 Å². The number of phenols is 1. The molecule has 7 heteroatoms. The second kappa shape index (κ2) is 5.76. The molecule has 0 saturated heterocycles. The molecule has 0 aliphatic heterocycles. The number of carbonyl (C=O) groups is 1. The van der Waals surface area contributed by atoms with Gasteiger partial charge in [0.05, 0.1) is 15.2 Å². The number of halogens is 4. The monoisotopic (exact) mass is 361 g/mol. The van der Waals surface area contributed by atoms with Gasteiger partial charge >= 0.3 is 0 Å². The molecule has 0 saturated carbocycles. The Morgan fingerprint density at radius 2 is 1.95 bits per heavy atom. The Morgan fingerprint density at radius 1 is 1.25 bits per heavy atom. The van der Waals surface area contributed by atoms with E-state index in [1.54, 1.807) is 0 Å². The van der Waals surface area contributed by atoms with Gasteiger partial charge in [-0.3, -0.25) is 4.79 Å². The molecule has 0 unspecified atom stereocenters. The van der Waals surface area contributed by atoms with E-state index in [9.17, 15) is 18.7 Å². The number of benzene rings is 2. The van der Waals surface area contributed by atoms with Gasteiger partial charge in [0, 0.05) is 11.6 Å². The Balaban J connectivity index is 2.30. The molecule has 2 aromatic rings. The van der Waals surface area contributed by atoms with E-state index in [0.29, 0.717) is 10.5 Å². The molecule has 104 valence electrons. The fourth-order valence-electron chi connectivity index (χ4n) is 1.50. The molecule has 0 bridgehead atoms. The lowest BCUT2D eigenvalue weighted by molar-refractivity contribution is 0.102. The minimum absolute atomic E-state index is 0.102. The summed E-state index contributed by atoms with van der Waals surface area (Å²) < 4.78 is 26.8. The summed E-state index contributed by atoms with van der Waals surface area (Å²) in [4.78, 5) is 11.9. The zero-order valence-electron chi connectivity index (χ0n) is 9.75. The molecule has 0 radical (unpaired) electrons. The van der Waals surface area contributed by atoms with Crippen LogP contribution in [0.4, 0.5) is 14.5 Å². The first-order valence-electron chi connectivity index (χ1n) is 5.33. The normalized spacial score (nSPS) is 10.4. The fraction of sp³-hybridized carbons (Fsp3) is 0. The van der Waals surface area contributed by atoms with E-state index < -0.39 is 17.5 Å². The van der Waals surface area contributed by atoms with E-state index in [2.05, 4.69) is 21.2 Å². The Hall–Kier alpha value is -1.66. The summed E-state index contributed by atoms with van der Waals surface area (Å²) in [5.41, 5.74) is -0.217. The highest BCUT2D eigenvalue weighted by atomic mass is 79.9. The summed E-state index contributed by atoms with van der Waals surface area (Å²) in [6.07, 6.45) is 0. The van der Waals surface area contributed by atoms with Crippen LogP contribution in [-0.2, 0) is 0 Å². The lowest BCUT2D eigenvalue weighted by atomic mass is 10.2. The van der Waals surface area contributed by atoms with E-state index in [1.165, 1.54) is 18.2 Å². The van der Waals surface area contributed by atoms with Crippen molar-refractivity contribution in [3.63, 3.8) is 0 Å². The average molecular weight is 363 g/mol. The highest BCUT2D eigenvalue weighted by Crippen LogP contribution is 2.28. The van der Waals surface area contributed by atoms with Crippen LogP contribution in [0, 0.1) is 11.6 Å². The molecule has 0 spiro atoms. The first-order valence-corrected chi connectivity index (χ1v) is 6.50. The molecule has 20 heavy (non-hydrogen) atoms. The maximum Gasteiger partial charge on any atom is 0.255 e. The molecular formula is C13H7BrClF2NO2. The molecule has 2 N–H and O–H groups in total. The first-order chi connectivity index (χ1) is 9.38. The van der Waals surface area contributed by atoms with Gasteiger partial charge in [0.1, 0.15) is 11.6 Å². The molecule has 2 rings (SSSR count). The van der Waals surface area contributed by atoms with Gasteiger partial charge in [-0.2, -0.15) is 0 Å². The van der Waals surface area contributed by atoms with Gasteiger partial charge in [-0.1, -0.05) is 11.6 Å². The molecule has 0 atom stereocenters.